The summed E-state index contributed by atoms with van der Waals surface area (Å²) >= 11 is 0. The molecule has 94 valence electrons. The van der Waals surface area contributed by atoms with E-state index in [-0.39, 0.29) is 5.91 Å². The zero-order valence-corrected chi connectivity index (χ0v) is 10.6. The van der Waals surface area contributed by atoms with E-state index in [2.05, 4.69) is 12.2 Å². The molecule has 1 heterocycles. The van der Waals surface area contributed by atoms with Crippen LogP contribution in [0.25, 0.3) is 0 Å². The minimum Gasteiger partial charge on any atom is -0.378 e. The number of nitrogens with two attached hydrogens (primary N) is 1. The fourth-order valence-corrected chi connectivity index (χ4v) is 1.82. The molecule has 0 saturated carbocycles. The predicted octanol–water partition coefficient (Wildman–Crippen LogP) is 1.05. The zero-order chi connectivity index (χ0) is 12.2. The van der Waals surface area contributed by atoms with Gasteiger partial charge in [-0.2, -0.15) is 0 Å². The summed E-state index contributed by atoms with van der Waals surface area (Å²) in [6.45, 7) is 7.36. The summed E-state index contributed by atoms with van der Waals surface area (Å²) in [5.74, 6) is -0.260. The molecule has 1 rings (SSSR count). The van der Waals surface area contributed by atoms with Crippen molar-refractivity contribution < 1.29 is 9.53 Å². The number of hydrogen-bond acceptors (Lipinski definition) is 3. The van der Waals surface area contributed by atoms with E-state index in [9.17, 15) is 4.79 Å². The molecule has 0 aromatic carbocycles. The van der Waals surface area contributed by atoms with Gasteiger partial charge in [0.15, 0.2) is 0 Å². The Kier molecular flexibility index (Phi) is 4.74. The molecule has 0 aromatic rings. The number of amides is 1. The predicted molar refractivity (Wildman–Crippen MR) is 64.0 cm³/mol. The highest BCUT2D eigenvalue weighted by Crippen LogP contribution is 2.18. The molecule has 1 amide bonds. The molecule has 2 unspecified atom stereocenters. The molecule has 1 aliphatic rings. The van der Waals surface area contributed by atoms with Crippen molar-refractivity contribution in [3.8, 4) is 0 Å². The summed E-state index contributed by atoms with van der Waals surface area (Å²) in [5, 5.41) is 3.35. The van der Waals surface area contributed by atoms with Gasteiger partial charge in [0.05, 0.1) is 11.5 Å². The molecule has 0 aliphatic carbocycles. The minimum atomic E-state index is -0.481. The van der Waals surface area contributed by atoms with Gasteiger partial charge in [0.25, 0.3) is 0 Å². The van der Waals surface area contributed by atoms with Crippen LogP contribution in [0.4, 0.5) is 0 Å². The largest absolute Gasteiger partial charge is 0.378 e. The summed E-state index contributed by atoms with van der Waals surface area (Å²) in [7, 11) is 0. The third-order valence-corrected chi connectivity index (χ3v) is 3.20. The number of hydrogen-bond donors (Lipinski definition) is 2. The van der Waals surface area contributed by atoms with Crippen molar-refractivity contribution in [2.24, 2.45) is 11.1 Å². The zero-order valence-electron chi connectivity index (χ0n) is 10.6. The van der Waals surface area contributed by atoms with E-state index in [1.54, 1.807) is 0 Å². The van der Waals surface area contributed by atoms with E-state index < -0.39 is 5.41 Å². The minimum absolute atomic E-state index is 0.260. The smallest absolute Gasteiger partial charge is 0.224 e. The Morgan fingerprint density at radius 3 is 2.81 bits per heavy atom. The van der Waals surface area contributed by atoms with Gasteiger partial charge in [-0.15, -0.1) is 0 Å². The highest BCUT2D eigenvalue weighted by atomic mass is 16.5. The topological polar surface area (TPSA) is 64.3 Å². The molecular formula is C12H24N2O2. The molecule has 4 heteroatoms. The van der Waals surface area contributed by atoms with Crippen molar-refractivity contribution in [2.75, 3.05) is 13.2 Å². The second-order valence-corrected chi connectivity index (χ2v) is 5.40. The Morgan fingerprint density at radius 1 is 1.62 bits per heavy atom. The van der Waals surface area contributed by atoms with Gasteiger partial charge in [-0.05, 0) is 40.0 Å². The number of carbonyl (C=O) groups is 1. The van der Waals surface area contributed by atoms with Crippen LogP contribution in [0.3, 0.4) is 0 Å². The maximum absolute atomic E-state index is 11.1. The molecule has 1 fully saturated rings. The Hall–Kier alpha value is -0.610. The van der Waals surface area contributed by atoms with Gasteiger partial charge in [-0.25, -0.2) is 0 Å². The lowest BCUT2D eigenvalue weighted by Crippen LogP contribution is -2.43. The molecule has 0 spiro atoms. The Bertz CT molecular complexity index is 235. The van der Waals surface area contributed by atoms with E-state index in [1.807, 2.05) is 13.8 Å². The number of primary amides is 1. The van der Waals surface area contributed by atoms with Gasteiger partial charge in [0, 0.05) is 19.2 Å². The van der Waals surface area contributed by atoms with E-state index >= 15 is 0 Å². The fourth-order valence-electron chi connectivity index (χ4n) is 1.82. The molecule has 16 heavy (non-hydrogen) atoms. The summed E-state index contributed by atoms with van der Waals surface area (Å²) in [5.41, 5.74) is 4.84. The first-order valence-corrected chi connectivity index (χ1v) is 6.07. The Morgan fingerprint density at radius 2 is 2.31 bits per heavy atom. The average molecular weight is 228 g/mol. The first-order chi connectivity index (χ1) is 7.42. The van der Waals surface area contributed by atoms with Crippen LogP contribution in [-0.4, -0.2) is 31.2 Å². The molecule has 0 bridgehead atoms. The summed E-state index contributed by atoms with van der Waals surface area (Å²) in [4.78, 5) is 11.1. The highest BCUT2D eigenvalue weighted by molar-refractivity contribution is 5.80. The summed E-state index contributed by atoms with van der Waals surface area (Å²) in [6, 6.07) is 0.363. The second-order valence-electron chi connectivity index (χ2n) is 5.40. The normalized spacial score (nSPS) is 23.3. The van der Waals surface area contributed by atoms with Crippen molar-refractivity contribution in [1.29, 1.82) is 0 Å². The third kappa shape index (κ3) is 4.10. The number of carbonyl (C=O) groups excluding carboxylic acids is 1. The fraction of sp³-hybridized carbons (Fsp3) is 0.917. The lowest BCUT2D eigenvalue weighted by atomic mass is 9.92. The summed E-state index contributed by atoms with van der Waals surface area (Å²) < 4.78 is 5.57. The van der Waals surface area contributed by atoms with E-state index in [0.717, 1.165) is 19.4 Å². The Balaban J connectivity index is 2.23. The molecule has 3 N–H and O–H groups in total. The maximum Gasteiger partial charge on any atom is 0.224 e. The monoisotopic (exact) mass is 228 g/mol. The van der Waals surface area contributed by atoms with E-state index in [1.165, 1.54) is 6.42 Å². The standard InChI is InChI=1S/C12H24N2O2/c1-9(7-10-5-4-6-16-10)14-8-12(2,3)11(13)15/h9-10,14H,4-8H2,1-3H3,(H2,13,15). The lowest BCUT2D eigenvalue weighted by Gasteiger charge is -2.25. The average Bonchev–Trinajstić information content (AvgIpc) is 2.67. The number of ether oxygens (including phenoxy) is 1. The molecule has 4 nitrogen and oxygen atoms in total. The molecule has 0 aromatic heterocycles. The van der Waals surface area contributed by atoms with Crippen LogP contribution in [0, 0.1) is 5.41 Å². The first-order valence-electron chi connectivity index (χ1n) is 6.07. The van der Waals surface area contributed by atoms with Gasteiger partial charge >= 0.3 is 0 Å². The van der Waals surface area contributed by atoms with Crippen molar-refractivity contribution in [2.45, 2.75) is 52.2 Å². The molecule has 1 aliphatic heterocycles. The molecule has 0 radical (unpaired) electrons. The number of rotatable bonds is 6. The van der Waals surface area contributed by atoms with Crippen molar-refractivity contribution in [3.05, 3.63) is 0 Å². The third-order valence-electron chi connectivity index (χ3n) is 3.20. The van der Waals surface area contributed by atoms with Crippen LogP contribution >= 0.6 is 0 Å². The van der Waals surface area contributed by atoms with E-state index in [4.69, 9.17) is 10.5 Å². The molecular weight excluding hydrogens is 204 g/mol. The van der Waals surface area contributed by atoms with Crippen LogP contribution < -0.4 is 11.1 Å². The van der Waals surface area contributed by atoms with Gasteiger partial charge in [0.1, 0.15) is 0 Å². The Labute approximate surface area is 97.9 Å². The highest BCUT2D eigenvalue weighted by Gasteiger charge is 2.26. The van der Waals surface area contributed by atoms with Crippen molar-refractivity contribution in [1.82, 2.24) is 5.32 Å². The van der Waals surface area contributed by atoms with Gasteiger partial charge in [0.2, 0.25) is 5.91 Å². The van der Waals surface area contributed by atoms with Gasteiger partial charge in [-0.3, -0.25) is 4.79 Å². The van der Waals surface area contributed by atoms with Crippen molar-refractivity contribution in [3.63, 3.8) is 0 Å². The number of nitrogens with one attached hydrogen (secondary N) is 1. The van der Waals surface area contributed by atoms with Crippen LogP contribution in [0.2, 0.25) is 0 Å². The maximum atomic E-state index is 11.1. The van der Waals surface area contributed by atoms with E-state index in [0.29, 0.717) is 18.7 Å². The quantitative estimate of drug-likeness (QED) is 0.714. The molecule has 1 saturated heterocycles. The van der Waals surface area contributed by atoms with Crippen LogP contribution in [-0.2, 0) is 9.53 Å². The van der Waals surface area contributed by atoms with Gasteiger partial charge < -0.3 is 15.8 Å². The summed E-state index contributed by atoms with van der Waals surface area (Å²) in [6.07, 6.45) is 3.73. The van der Waals surface area contributed by atoms with Crippen LogP contribution in [0.1, 0.15) is 40.0 Å². The SMILES string of the molecule is CC(CC1CCCO1)NCC(C)(C)C(N)=O. The second kappa shape index (κ2) is 5.64. The van der Waals surface area contributed by atoms with Gasteiger partial charge in [-0.1, -0.05) is 0 Å². The lowest BCUT2D eigenvalue weighted by molar-refractivity contribution is -0.125. The van der Waals surface area contributed by atoms with Crippen LogP contribution in [0.15, 0.2) is 0 Å². The van der Waals surface area contributed by atoms with Crippen LogP contribution in [0.5, 0.6) is 0 Å². The first kappa shape index (κ1) is 13.5. The van der Waals surface area contributed by atoms with Crippen molar-refractivity contribution >= 4 is 5.91 Å². The molecule has 2 atom stereocenters.